The molecule has 1 heterocycles. The number of benzene rings is 2. The van der Waals surface area contributed by atoms with Crippen molar-refractivity contribution in [1.29, 1.82) is 0 Å². The minimum atomic E-state index is -0.799. The number of amides is 2. The SMILES string of the molecule is CCOC(=O)Oc1ccc(C(=O)Nc2cccc(CNC(=O)c3ccncc3)c2)cc1. The van der Waals surface area contributed by atoms with E-state index >= 15 is 0 Å². The Morgan fingerprint density at radius 2 is 1.61 bits per heavy atom. The van der Waals surface area contributed by atoms with E-state index in [9.17, 15) is 14.4 Å². The van der Waals surface area contributed by atoms with Crippen LogP contribution in [-0.2, 0) is 11.3 Å². The van der Waals surface area contributed by atoms with Crippen LogP contribution in [0.5, 0.6) is 5.75 Å². The second-order valence-corrected chi connectivity index (χ2v) is 6.38. The standard InChI is InChI=1S/C23H21N3O5/c1-2-30-23(29)31-20-8-6-17(7-9-20)22(28)26-19-5-3-4-16(14-19)15-25-21(27)18-10-12-24-13-11-18/h3-14H,2,15H2,1H3,(H,25,27)(H,26,28). The van der Waals surface area contributed by atoms with Gasteiger partial charge in [0, 0.05) is 35.8 Å². The Morgan fingerprint density at radius 3 is 2.32 bits per heavy atom. The lowest BCUT2D eigenvalue weighted by molar-refractivity contribution is 0.0949. The molecule has 158 valence electrons. The summed E-state index contributed by atoms with van der Waals surface area (Å²) in [6.45, 7) is 2.20. The van der Waals surface area contributed by atoms with Crippen LogP contribution >= 0.6 is 0 Å². The Bertz CT molecular complexity index is 1050. The summed E-state index contributed by atoms with van der Waals surface area (Å²) >= 11 is 0. The van der Waals surface area contributed by atoms with Gasteiger partial charge >= 0.3 is 6.16 Å². The first-order chi connectivity index (χ1) is 15.0. The highest BCUT2D eigenvalue weighted by Gasteiger charge is 2.10. The zero-order valence-corrected chi connectivity index (χ0v) is 16.8. The van der Waals surface area contributed by atoms with Gasteiger partial charge in [0.05, 0.1) is 6.61 Å². The third-order valence-corrected chi connectivity index (χ3v) is 4.16. The predicted octanol–water partition coefficient (Wildman–Crippen LogP) is 3.80. The Labute approximate surface area is 179 Å². The fourth-order valence-electron chi connectivity index (χ4n) is 2.67. The maximum Gasteiger partial charge on any atom is 0.513 e. The second kappa shape index (κ2) is 10.5. The van der Waals surface area contributed by atoms with Crippen molar-refractivity contribution >= 4 is 23.7 Å². The lowest BCUT2D eigenvalue weighted by atomic mass is 10.1. The molecule has 2 aromatic carbocycles. The number of carbonyl (C=O) groups excluding carboxylic acids is 3. The van der Waals surface area contributed by atoms with Crippen LogP contribution in [0.2, 0.25) is 0 Å². The van der Waals surface area contributed by atoms with Crippen molar-refractivity contribution in [1.82, 2.24) is 10.3 Å². The van der Waals surface area contributed by atoms with E-state index < -0.39 is 6.16 Å². The van der Waals surface area contributed by atoms with Gasteiger partial charge in [-0.25, -0.2) is 4.79 Å². The van der Waals surface area contributed by atoms with Gasteiger partial charge in [-0.15, -0.1) is 0 Å². The summed E-state index contributed by atoms with van der Waals surface area (Å²) in [6, 6.07) is 16.6. The first-order valence-corrected chi connectivity index (χ1v) is 9.58. The zero-order chi connectivity index (χ0) is 22.1. The molecule has 0 saturated carbocycles. The van der Waals surface area contributed by atoms with Gasteiger partial charge in [-0.2, -0.15) is 0 Å². The Morgan fingerprint density at radius 1 is 0.903 bits per heavy atom. The largest absolute Gasteiger partial charge is 0.513 e. The number of aromatic nitrogens is 1. The van der Waals surface area contributed by atoms with E-state index in [0.29, 0.717) is 23.4 Å². The van der Waals surface area contributed by atoms with Crippen LogP contribution < -0.4 is 15.4 Å². The van der Waals surface area contributed by atoms with E-state index in [0.717, 1.165) is 5.56 Å². The van der Waals surface area contributed by atoms with Crippen LogP contribution in [0.1, 0.15) is 33.2 Å². The Balaban J connectivity index is 1.57. The minimum Gasteiger partial charge on any atom is -0.434 e. The number of anilines is 1. The van der Waals surface area contributed by atoms with Crippen molar-refractivity contribution in [2.24, 2.45) is 0 Å². The van der Waals surface area contributed by atoms with E-state index in [-0.39, 0.29) is 24.2 Å². The first kappa shape index (κ1) is 21.5. The number of ether oxygens (including phenoxy) is 2. The fourth-order valence-corrected chi connectivity index (χ4v) is 2.67. The molecule has 3 aromatic rings. The molecule has 0 bridgehead atoms. The smallest absolute Gasteiger partial charge is 0.434 e. The molecule has 2 amide bonds. The summed E-state index contributed by atoms with van der Waals surface area (Å²) in [5.41, 5.74) is 2.34. The maximum atomic E-state index is 12.5. The summed E-state index contributed by atoms with van der Waals surface area (Å²) in [5.74, 6) is -0.246. The molecule has 2 N–H and O–H groups in total. The van der Waals surface area contributed by atoms with Gasteiger partial charge in [-0.3, -0.25) is 14.6 Å². The van der Waals surface area contributed by atoms with Crippen LogP contribution in [0.15, 0.2) is 73.1 Å². The van der Waals surface area contributed by atoms with Gasteiger partial charge in [-0.1, -0.05) is 12.1 Å². The normalized spacial score (nSPS) is 10.1. The maximum absolute atomic E-state index is 12.5. The van der Waals surface area contributed by atoms with Crippen molar-refractivity contribution in [2.75, 3.05) is 11.9 Å². The molecule has 0 atom stereocenters. The van der Waals surface area contributed by atoms with E-state index in [2.05, 4.69) is 15.6 Å². The highest BCUT2D eigenvalue weighted by atomic mass is 16.7. The van der Waals surface area contributed by atoms with Crippen molar-refractivity contribution in [2.45, 2.75) is 13.5 Å². The molecule has 0 aliphatic rings. The van der Waals surface area contributed by atoms with Gasteiger partial charge in [0.15, 0.2) is 0 Å². The van der Waals surface area contributed by atoms with E-state index in [1.807, 2.05) is 6.07 Å². The molecule has 8 nitrogen and oxygen atoms in total. The molecule has 3 rings (SSSR count). The number of hydrogen-bond donors (Lipinski definition) is 2. The lowest BCUT2D eigenvalue weighted by Gasteiger charge is -2.09. The Kier molecular flexibility index (Phi) is 7.31. The third kappa shape index (κ3) is 6.40. The summed E-state index contributed by atoms with van der Waals surface area (Å²) < 4.78 is 9.67. The fraction of sp³-hybridized carbons (Fsp3) is 0.130. The number of carbonyl (C=O) groups is 3. The third-order valence-electron chi connectivity index (χ3n) is 4.16. The van der Waals surface area contributed by atoms with Crippen LogP contribution in [0.25, 0.3) is 0 Å². The van der Waals surface area contributed by atoms with Crippen molar-refractivity contribution < 1.29 is 23.9 Å². The average molecular weight is 419 g/mol. The second-order valence-electron chi connectivity index (χ2n) is 6.38. The van der Waals surface area contributed by atoms with Gasteiger partial charge in [0.1, 0.15) is 5.75 Å². The molecule has 0 spiro atoms. The molecular formula is C23H21N3O5. The molecule has 0 unspecified atom stereocenters. The van der Waals surface area contributed by atoms with Crippen LogP contribution in [0.4, 0.5) is 10.5 Å². The molecule has 0 fully saturated rings. The van der Waals surface area contributed by atoms with Gasteiger partial charge < -0.3 is 20.1 Å². The van der Waals surface area contributed by atoms with Crippen molar-refractivity contribution in [3.8, 4) is 5.75 Å². The Hall–Kier alpha value is -4.20. The first-order valence-electron chi connectivity index (χ1n) is 9.58. The summed E-state index contributed by atoms with van der Waals surface area (Å²) in [4.78, 5) is 39.9. The minimum absolute atomic E-state index is 0.207. The zero-order valence-electron chi connectivity index (χ0n) is 16.8. The van der Waals surface area contributed by atoms with E-state index in [4.69, 9.17) is 9.47 Å². The molecule has 0 radical (unpaired) electrons. The topological polar surface area (TPSA) is 107 Å². The van der Waals surface area contributed by atoms with E-state index in [1.54, 1.807) is 61.8 Å². The number of rotatable bonds is 7. The molecule has 8 heteroatoms. The highest BCUT2D eigenvalue weighted by Crippen LogP contribution is 2.16. The monoisotopic (exact) mass is 419 g/mol. The van der Waals surface area contributed by atoms with Crippen molar-refractivity contribution in [3.63, 3.8) is 0 Å². The highest BCUT2D eigenvalue weighted by molar-refractivity contribution is 6.04. The predicted molar refractivity (Wildman–Crippen MR) is 114 cm³/mol. The molecule has 0 aliphatic carbocycles. The van der Waals surface area contributed by atoms with E-state index in [1.165, 1.54) is 12.1 Å². The molecule has 0 saturated heterocycles. The number of nitrogens with one attached hydrogen (secondary N) is 2. The molecule has 0 aliphatic heterocycles. The summed E-state index contributed by atoms with van der Waals surface area (Å²) in [5, 5.41) is 5.63. The average Bonchev–Trinajstić information content (AvgIpc) is 2.79. The van der Waals surface area contributed by atoms with Gasteiger partial charge in [0.25, 0.3) is 11.8 Å². The number of nitrogens with zero attached hydrogens (tertiary/aromatic N) is 1. The number of pyridine rings is 1. The van der Waals surface area contributed by atoms with Crippen LogP contribution in [0, 0.1) is 0 Å². The number of hydrogen-bond acceptors (Lipinski definition) is 6. The van der Waals surface area contributed by atoms with Gasteiger partial charge in [0.2, 0.25) is 0 Å². The lowest BCUT2D eigenvalue weighted by Crippen LogP contribution is -2.22. The van der Waals surface area contributed by atoms with Crippen molar-refractivity contribution in [3.05, 3.63) is 89.7 Å². The molecule has 31 heavy (non-hydrogen) atoms. The van der Waals surface area contributed by atoms with Crippen LogP contribution in [0.3, 0.4) is 0 Å². The quantitative estimate of drug-likeness (QED) is 0.446. The van der Waals surface area contributed by atoms with Gasteiger partial charge in [-0.05, 0) is 61.0 Å². The summed E-state index contributed by atoms with van der Waals surface area (Å²) in [6.07, 6.45) is 2.31. The summed E-state index contributed by atoms with van der Waals surface area (Å²) in [7, 11) is 0. The van der Waals surface area contributed by atoms with Crippen LogP contribution in [-0.4, -0.2) is 29.6 Å². The molecular weight excluding hydrogens is 398 g/mol. The molecule has 1 aromatic heterocycles.